The van der Waals surface area contributed by atoms with Gasteiger partial charge in [0.1, 0.15) is 5.54 Å². The number of carbonyl (C=O) groups is 3. The number of hydrogen-bond acceptors (Lipinski definition) is 4. The number of hydrogen-bond donors (Lipinski definition) is 3. The number of imide groups is 1. The standard InChI is InChI=1S/C12H20N4O3/c1-11(2,6-13)9(18)16-5-3-4-12(7-16)8(17)14-10(19)15-12/h3-7,13H2,1-2H3,(H2,14,15,17,19). The monoisotopic (exact) mass is 268 g/mol. The minimum Gasteiger partial charge on any atom is -0.339 e. The predicted molar refractivity (Wildman–Crippen MR) is 68.1 cm³/mol. The van der Waals surface area contributed by atoms with Crippen LogP contribution in [-0.2, 0) is 9.59 Å². The maximum Gasteiger partial charge on any atom is 0.322 e. The van der Waals surface area contributed by atoms with Gasteiger partial charge in [0.2, 0.25) is 5.91 Å². The molecule has 0 radical (unpaired) electrons. The summed E-state index contributed by atoms with van der Waals surface area (Å²) < 4.78 is 0. The second-order valence-corrected chi connectivity index (χ2v) is 5.91. The molecule has 2 aliphatic heterocycles. The van der Waals surface area contributed by atoms with Crippen molar-refractivity contribution in [2.24, 2.45) is 11.1 Å². The molecule has 19 heavy (non-hydrogen) atoms. The zero-order chi connectivity index (χ0) is 14.3. The lowest BCUT2D eigenvalue weighted by Gasteiger charge is -2.40. The number of carbonyl (C=O) groups excluding carboxylic acids is 3. The van der Waals surface area contributed by atoms with Crippen LogP contribution in [0.3, 0.4) is 0 Å². The highest BCUT2D eigenvalue weighted by Gasteiger charge is 2.50. The maximum atomic E-state index is 12.4. The molecule has 106 valence electrons. The van der Waals surface area contributed by atoms with Crippen LogP contribution >= 0.6 is 0 Å². The van der Waals surface area contributed by atoms with Gasteiger partial charge < -0.3 is 16.0 Å². The van der Waals surface area contributed by atoms with E-state index in [-0.39, 0.29) is 24.9 Å². The molecule has 0 saturated carbocycles. The first-order valence-corrected chi connectivity index (χ1v) is 6.44. The Balaban J connectivity index is 2.16. The number of amides is 4. The average molecular weight is 268 g/mol. The Labute approximate surface area is 111 Å². The van der Waals surface area contributed by atoms with Gasteiger partial charge in [-0.1, -0.05) is 0 Å². The number of rotatable bonds is 2. The van der Waals surface area contributed by atoms with Crippen LogP contribution in [0.5, 0.6) is 0 Å². The molecule has 1 atom stereocenters. The molecule has 2 fully saturated rings. The summed E-state index contributed by atoms with van der Waals surface area (Å²) in [5.74, 6) is -0.427. The van der Waals surface area contributed by atoms with Crippen LogP contribution in [0.15, 0.2) is 0 Å². The molecule has 1 spiro atoms. The van der Waals surface area contributed by atoms with Crippen LogP contribution in [0.1, 0.15) is 26.7 Å². The fourth-order valence-corrected chi connectivity index (χ4v) is 2.56. The van der Waals surface area contributed by atoms with Gasteiger partial charge in [0.25, 0.3) is 5.91 Å². The predicted octanol–water partition coefficient (Wildman–Crippen LogP) is -0.828. The van der Waals surface area contributed by atoms with Crippen LogP contribution < -0.4 is 16.4 Å². The molecule has 2 aliphatic rings. The summed E-state index contributed by atoms with van der Waals surface area (Å²) in [6.45, 7) is 4.61. The number of nitrogens with two attached hydrogens (primary N) is 1. The summed E-state index contributed by atoms with van der Waals surface area (Å²) >= 11 is 0. The van der Waals surface area contributed by atoms with Gasteiger partial charge in [-0.2, -0.15) is 0 Å². The second-order valence-electron chi connectivity index (χ2n) is 5.91. The number of urea groups is 1. The smallest absolute Gasteiger partial charge is 0.322 e. The van der Waals surface area contributed by atoms with E-state index in [0.29, 0.717) is 19.4 Å². The number of likely N-dealkylation sites (tertiary alicyclic amines) is 1. The van der Waals surface area contributed by atoms with E-state index in [2.05, 4.69) is 10.6 Å². The zero-order valence-corrected chi connectivity index (χ0v) is 11.3. The van der Waals surface area contributed by atoms with Gasteiger partial charge in [-0.25, -0.2) is 4.79 Å². The fraction of sp³-hybridized carbons (Fsp3) is 0.750. The van der Waals surface area contributed by atoms with Crippen molar-refractivity contribution in [2.45, 2.75) is 32.2 Å². The molecule has 0 aromatic carbocycles. The number of nitrogens with zero attached hydrogens (tertiary/aromatic N) is 1. The lowest BCUT2D eigenvalue weighted by atomic mass is 9.86. The Morgan fingerprint density at radius 3 is 2.68 bits per heavy atom. The molecule has 2 heterocycles. The second kappa shape index (κ2) is 4.48. The van der Waals surface area contributed by atoms with Crippen molar-refractivity contribution in [1.29, 1.82) is 0 Å². The Bertz CT molecular complexity index is 435. The molecular weight excluding hydrogens is 248 g/mol. The first-order valence-electron chi connectivity index (χ1n) is 6.44. The summed E-state index contributed by atoms with van der Waals surface area (Å²) in [4.78, 5) is 37.2. The highest BCUT2D eigenvalue weighted by molar-refractivity contribution is 6.07. The highest BCUT2D eigenvalue weighted by atomic mass is 16.2. The summed E-state index contributed by atoms with van der Waals surface area (Å²) in [5.41, 5.74) is 3.99. The molecule has 1 unspecified atom stereocenters. The molecule has 2 rings (SSSR count). The summed E-state index contributed by atoms with van der Waals surface area (Å²) in [6, 6.07) is -0.489. The van der Waals surface area contributed by atoms with Crippen molar-refractivity contribution in [1.82, 2.24) is 15.5 Å². The van der Waals surface area contributed by atoms with Gasteiger partial charge in [0, 0.05) is 13.1 Å². The van der Waals surface area contributed by atoms with E-state index in [1.807, 2.05) is 0 Å². The topological polar surface area (TPSA) is 105 Å². The number of nitrogens with one attached hydrogen (secondary N) is 2. The first kappa shape index (κ1) is 13.8. The van der Waals surface area contributed by atoms with Crippen LogP contribution in [0.4, 0.5) is 4.79 Å². The van der Waals surface area contributed by atoms with Crippen molar-refractivity contribution in [3.05, 3.63) is 0 Å². The van der Waals surface area contributed by atoms with Crippen molar-refractivity contribution in [3.63, 3.8) is 0 Å². The summed E-state index contributed by atoms with van der Waals surface area (Å²) in [6.07, 6.45) is 1.23. The van der Waals surface area contributed by atoms with Gasteiger partial charge in [-0.3, -0.25) is 14.9 Å². The first-order chi connectivity index (χ1) is 8.81. The van der Waals surface area contributed by atoms with Gasteiger partial charge >= 0.3 is 6.03 Å². The third kappa shape index (κ3) is 2.30. The molecular formula is C12H20N4O3. The summed E-state index contributed by atoms with van der Waals surface area (Å²) in [7, 11) is 0. The van der Waals surface area contributed by atoms with Crippen LogP contribution in [-0.4, -0.2) is 47.9 Å². The van der Waals surface area contributed by atoms with E-state index in [1.165, 1.54) is 0 Å². The fourth-order valence-electron chi connectivity index (χ4n) is 2.56. The van der Waals surface area contributed by atoms with Crippen molar-refractivity contribution >= 4 is 17.8 Å². The molecule has 0 bridgehead atoms. The molecule has 0 aromatic heterocycles. The Morgan fingerprint density at radius 1 is 1.47 bits per heavy atom. The quantitative estimate of drug-likeness (QED) is 0.569. The van der Waals surface area contributed by atoms with Crippen molar-refractivity contribution in [3.8, 4) is 0 Å². The number of piperidine rings is 1. The lowest BCUT2D eigenvalue weighted by Crippen LogP contribution is -2.61. The molecule has 4 N–H and O–H groups in total. The van der Waals surface area contributed by atoms with Gasteiger partial charge in [-0.15, -0.1) is 0 Å². The zero-order valence-electron chi connectivity index (χ0n) is 11.3. The van der Waals surface area contributed by atoms with E-state index >= 15 is 0 Å². The Hall–Kier alpha value is -1.63. The SMILES string of the molecule is CC(C)(CN)C(=O)N1CCCC2(C1)NC(=O)NC2=O. The third-order valence-electron chi connectivity index (χ3n) is 3.88. The molecule has 4 amide bonds. The Morgan fingerprint density at radius 2 is 2.16 bits per heavy atom. The van der Waals surface area contributed by atoms with Gasteiger partial charge in [0.05, 0.1) is 12.0 Å². The van der Waals surface area contributed by atoms with Gasteiger partial charge in [-0.05, 0) is 26.7 Å². The van der Waals surface area contributed by atoms with E-state index in [0.717, 1.165) is 0 Å². The normalized spacial score (nSPS) is 27.4. The van der Waals surface area contributed by atoms with Crippen LogP contribution in [0, 0.1) is 5.41 Å². The summed E-state index contributed by atoms with van der Waals surface area (Å²) in [5, 5.41) is 4.89. The largest absolute Gasteiger partial charge is 0.339 e. The highest BCUT2D eigenvalue weighted by Crippen LogP contribution is 2.27. The third-order valence-corrected chi connectivity index (χ3v) is 3.88. The minimum absolute atomic E-state index is 0.0805. The Kier molecular flexibility index (Phi) is 3.25. The lowest BCUT2D eigenvalue weighted by molar-refractivity contribution is -0.143. The molecule has 0 aromatic rings. The molecule has 7 nitrogen and oxygen atoms in total. The minimum atomic E-state index is -0.963. The van der Waals surface area contributed by atoms with E-state index < -0.39 is 17.0 Å². The molecule has 7 heteroatoms. The van der Waals surface area contributed by atoms with E-state index in [9.17, 15) is 14.4 Å². The van der Waals surface area contributed by atoms with Crippen molar-refractivity contribution < 1.29 is 14.4 Å². The average Bonchev–Trinajstić information content (AvgIpc) is 2.63. The van der Waals surface area contributed by atoms with E-state index in [1.54, 1.807) is 18.7 Å². The van der Waals surface area contributed by atoms with Gasteiger partial charge in [0.15, 0.2) is 0 Å². The molecule has 2 saturated heterocycles. The van der Waals surface area contributed by atoms with Crippen LogP contribution in [0.25, 0.3) is 0 Å². The van der Waals surface area contributed by atoms with E-state index in [4.69, 9.17) is 5.73 Å². The van der Waals surface area contributed by atoms with Crippen LogP contribution in [0.2, 0.25) is 0 Å². The molecule has 0 aliphatic carbocycles. The van der Waals surface area contributed by atoms with Crippen molar-refractivity contribution in [2.75, 3.05) is 19.6 Å². The maximum absolute atomic E-state index is 12.4.